The van der Waals surface area contributed by atoms with Crippen LogP contribution < -0.4 is 20.7 Å². The molecule has 0 radical (unpaired) electrons. The second kappa shape index (κ2) is 12.5. The normalized spacial score (nSPS) is 18.4. The molecular weight excluding hydrogens is 615 g/mol. The molecule has 4 heterocycles. The molecule has 0 amide bonds. The number of benzene rings is 2. The van der Waals surface area contributed by atoms with Crippen LogP contribution >= 0.6 is 0 Å². The summed E-state index contributed by atoms with van der Waals surface area (Å²) in [7, 11) is 0. The highest BCUT2D eigenvalue weighted by Gasteiger charge is 2.46. The lowest BCUT2D eigenvalue weighted by Crippen LogP contribution is -2.41. The van der Waals surface area contributed by atoms with E-state index in [-0.39, 0.29) is 35.1 Å². The molecule has 11 nitrogen and oxygen atoms in total. The average Bonchev–Trinajstić information content (AvgIpc) is 3.65. The highest BCUT2D eigenvalue weighted by Crippen LogP contribution is 2.43. The molecule has 0 saturated carbocycles. The van der Waals surface area contributed by atoms with Crippen molar-refractivity contribution in [2.24, 2.45) is 5.41 Å². The smallest absolute Gasteiger partial charge is 0.429 e. The van der Waals surface area contributed by atoms with Gasteiger partial charge < -0.3 is 30.9 Å². The average molecular weight is 652 g/mol. The molecule has 14 heteroatoms. The molecule has 0 aliphatic carbocycles. The summed E-state index contributed by atoms with van der Waals surface area (Å²) in [5.41, 5.74) is 9.19. The number of aromatic nitrogens is 4. The molecule has 2 atom stereocenters. The minimum Gasteiger partial charge on any atom is -0.480 e. The Morgan fingerprint density at radius 3 is 2.45 bits per heavy atom. The molecule has 248 valence electrons. The number of ether oxygens (including phenoxy) is 1. The number of rotatable bonds is 8. The first-order valence-electron chi connectivity index (χ1n) is 15.3. The molecule has 5 N–H and O–H groups in total. The van der Waals surface area contributed by atoms with Crippen molar-refractivity contribution in [3.63, 3.8) is 0 Å². The number of carbonyl (C=O) groups is 1. The van der Waals surface area contributed by atoms with Gasteiger partial charge in [0.05, 0.1) is 18.0 Å². The summed E-state index contributed by atoms with van der Waals surface area (Å²) in [6.45, 7) is 5.06. The maximum Gasteiger partial charge on any atom is 0.429 e. The Morgan fingerprint density at radius 2 is 1.83 bits per heavy atom. The van der Waals surface area contributed by atoms with Crippen LogP contribution in [0.15, 0.2) is 54.7 Å². The van der Waals surface area contributed by atoms with Gasteiger partial charge in [-0.2, -0.15) is 28.2 Å². The topological polar surface area (TPSA) is 152 Å². The second-order valence-corrected chi connectivity index (χ2v) is 12.4. The zero-order valence-electron chi connectivity index (χ0n) is 26.0. The van der Waals surface area contributed by atoms with Crippen molar-refractivity contribution in [3.8, 4) is 22.7 Å². The van der Waals surface area contributed by atoms with E-state index >= 15 is 0 Å². The van der Waals surface area contributed by atoms with E-state index in [1.807, 2.05) is 17.9 Å². The van der Waals surface area contributed by atoms with E-state index in [1.165, 1.54) is 16.8 Å². The van der Waals surface area contributed by atoms with Crippen molar-refractivity contribution in [1.82, 2.24) is 25.1 Å². The number of hydrogen-bond donors (Lipinski definition) is 4. The Morgan fingerprint density at radius 1 is 1.11 bits per heavy atom. The number of carboxylic acid groups (broad SMARTS) is 1. The lowest BCUT2D eigenvalue weighted by molar-refractivity contribution is -0.198. The first-order valence-corrected chi connectivity index (χ1v) is 15.3. The van der Waals surface area contributed by atoms with Crippen molar-refractivity contribution < 1.29 is 32.9 Å². The Balaban J connectivity index is 1.33. The van der Waals surface area contributed by atoms with Crippen molar-refractivity contribution in [2.45, 2.75) is 58.0 Å². The predicted octanol–water partition coefficient (Wildman–Crippen LogP) is 4.74. The number of hydrogen-bond acceptors (Lipinski definition) is 9. The summed E-state index contributed by atoms with van der Waals surface area (Å²) >= 11 is 0. The number of alkyl halides is 3. The van der Waals surface area contributed by atoms with E-state index in [1.54, 1.807) is 43.5 Å². The van der Waals surface area contributed by atoms with Crippen LogP contribution in [-0.2, 0) is 11.4 Å². The number of nitrogens with two attached hydrogens (primary N) is 1. The number of nitrogens with one attached hydrogen (secondary N) is 1. The minimum atomic E-state index is -4.86. The van der Waals surface area contributed by atoms with Gasteiger partial charge in [0, 0.05) is 37.5 Å². The van der Waals surface area contributed by atoms with E-state index in [0.29, 0.717) is 61.5 Å². The van der Waals surface area contributed by atoms with Gasteiger partial charge in [-0.05, 0) is 79.0 Å². The van der Waals surface area contributed by atoms with E-state index in [4.69, 9.17) is 10.5 Å². The van der Waals surface area contributed by atoms with Crippen molar-refractivity contribution in [2.75, 3.05) is 30.3 Å². The molecule has 47 heavy (non-hydrogen) atoms. The predicted molar refractivity (Wildman–Crippen MR) is 168 cm³/mol. The van der Waals surface area contributed by atoms with Crippen LogP contribution in [0.1, 0.15) is 47.8 Å². The third-order valence-corrected chi connectivity index (χ3v) is 9.17. The van der Waals surface area contributed by atoms with Crippen LogP contribution in [0.2, 0.25) is 0 Å². The van der Waals surface area contributed by atoms with Crippen LogP contribution in [0.25, 0.3) is 16.8 Å². The number of nitrogen functional groups attached to an aromatic ring is 1. The molecule has 0 bridgehead atoms. The fourth-order valence-electron chi connectivity index (χ4n) is 6.52. The minimum absolute atomic E-state index is 0.149. The van der Waals surface area contributed by atoms with Gasteiger partial charge in [0.15, 0.2) is 0 Å². The van der Waals surface area contributed by atoms with Gasteiger partial charge in [0.25, 0.3) is 0 Å². The summed E-state index contributed by atoms with van der Waals surface area (Å²) in [6, 6.07) is 12.5. The van der Waals surface area contributed by atoms with Crippen LogP contribution in [-0.4, -0.2) is 67.8 Å². The molecule has 2 fully saturated rings. The fourth-order valence-corrected chi connectivity index (χ4v) is 6.52. The molecule has 2 aromatic heterocycles. The van der Waals surface area contributed by atoms with E-state index < -0.39 is 24.3 Å². The molecule has 2 aliphatic heterocycles. The Bertz CT molecular complexity index is 1790. The number of aryl methyl sites for hydroxylation is 2. The van der Waals surface area contributed by atoms with Gasteiger partial charge in [-0.1, -0.05) is 24.3 Å². The van der Waals surface area contributed by atoms with Crippen molar-refractivity contribution >= 4 is 17.7 Å². The number of halogens is 3. The second-order valence-electron chi connectivity index (χ2n) is 12.4. The number of aliphatic hydroxyl groups is 1. The molecule has 2 aliphatic rings. The third-order valence-electron chi connectivity index (χ3n) is 9.17. The van der Waals surface area contributed by atoms with Crippen LogP contribution in [0.3, 0.4) is 0 Å². The van der Waals surface area contributed by atoms with Crippen molar-refractivity contribution in [3.05, 3.63) is 77.1 Å². The van der Waals surface area contributed by atoms with Gasteiger partial charge in [-0.3, -0.25) is 4.79 Å². The summed E-state index contributed by atoms with van der Waals surface area (Å²) < 4.78 is 52.0. The lowest BCUT2D eigenvalue weighted by atomic mass is 9.76. The van der Waals surface area contributed by atoms with Crippen LogP contribution in [0.5, 0.6) is 5.88 Å². The van der Waals surface area contributed by atoms with Crippen LogP contribution in [0, 0.1) is 19.3 Å². The Labute approximate surface area is 269 Å². The highest BCUT2D eigenvalue weighted by molar-refractivity contribution is 5.74. The number of nitrogens with zero attached hydrogens (tertiary/aromatic N) is 5. The van der Waals surface area contributed by atoms with Gasteiger partial charge in [0.1, 0.15) is 11.9 Å². The number of carboxylic acids is 1. The number of aliphatic carboxylic acids is 1. The standard InChI is InChI=1S/C33H36F3N7O4/c1-19-13-21(3-4-23(19)17-44)22-5-6-26(43-10-7-20(2)41-43)24(14-22)29(33(34,35)36)47-28-15-27(39-31(37)40-28)42-11-8-32(9-12-42)16-25(30(45)46)38-18-32/h3-7,10,13-15,25,29,38,44H,8-9,11-12,16-18H2,1-2H3,(H,45,46)(H2,37,39,40)/t25?,29-/m1/s1. The molecule has 1 spiro atoms. The molecule has 2 saturated heterocycles. The van der Waals surface area contributed by atoms with Gasteiger partial charge in [-0.25, -0.2) is 4.68 Å². The molecule has 4 aromatic rings. The monoisotopic (exact) mass is 651 g/mol. The number of piperidine rings is 1. The van der Waals surface area contributed by atoms with E-state index in [9.17, 15) is 28.2 Å². The maximum atomic E-state index is 15.0. The summed E-state index contributed by atoms with van der Waals surface area (Å²) in [5.74, 6) is -1.11. The van der Waals surface area contributed by atoms with E-state index in [0.717, 1.165) is 11.1 Å². The SMILES string of the molecule is Cc1ccn(-c2ccc(-c3ccc(CO)c(C)c3)cc2[C@@H](Oc2cc(N3CCC4(CC3)CNC(C(=O)O)C4)nc(N)n2)C(F)(F)F)n1. The Kier molecular flexibility index (Phi) is 8.57. The Hall–Kier alpha value is -4.69. The third kappa shape index (κ3) is 6.74. The quantitative estimate of drug-likeness (QED) is 0.210. The van der Waals surface area contributed by atoms with E-state index in [2.05, 4.69) is 20.4 Å². The fraction of sp³-hybridized carbons (Fsp3) is 0.394. The van der Waals surface area contributed by atoms with Crippen molar-refractivity contribution in [1.29, 1.82) is 0 Å². The molecular formula is C33H36F3N7O4. The summed E-state index contributed by atoms with van der Waals surface area (Å²) in [5, 5.41) is 26.4. The molecule has 6 rings (SSSR count). The largest absolute Gasteiger partial charge is 0.480 e. The van der Waals surface area contributed by atoms with Gasteiger partial charge in [-0.15, -0.1) is 0 Å². The zero-order chi connectivity index (χ0) is 33.5. The maximum absolute atomic E-state index is 15.0. The highest BCUT2D eigenvalue weighted by atomic mass is 19.4. The summed E-state index contributed by atoms with van der Waals surface area (Å²) in [6.07, 6.45) is -3.82. The summed E-state index contributed by atoms with van der Waals surface area (Å²) in [4.78, 5) is 21.7. The first-order chi connectivity index (χ1) is 22.3. The molecule has 1 unspecified atom stereocenters. The van der Waals surface area contributed by atoms with Crippen LogP contribution in [0.4, 0.5) is 24.9 Å². The zero-order valence-corrected chi connectivity index (χ0v) is 26.0. The molecule has 2 aromatic carbocycles. The lowest BCUT2D eigenvalue weighted by Gasteiger charge is -2.39. The van der Waals surface area contributed by atoms with Gasteiger partial charge in [0.2, 0.25) is 17.9 Å². The van der Waals surface area contributed by atoms with Gasteiger partial charge >= 0.3 is 12.1 Å². The number of aliphatic hydroxyl groups excluding tert-OH is 1. The first kappa shape index (κ1) is 32.3. The number of anilines is 2.